The number of fused-ring (bicyclic) bond motifs is 7. The number of aromatic hydroxyl groups is 1. The topological polar surface area (TPSA) is 423 Å². The number of hydrogen-bond acceptors (Lipinski definition) is 21. The number of hydrogen-bond donors (Lipinski definition) is 12. The van der Waals surface area contributed by atoms with Crippen molar-refractivity contribution in [3.05, 3.63) is 138 Å². The summed E-state index contributed by atoms with van der Waals surface area (Å²) in [6.07, 6.45) is 28.0. The smallest absolute Gasteiger partial charge is 0.407 e. The van der Waals surface area contributed by atoms with E-state index in [2.05, 4.69) is 93.9 Å². The Labute approximate surface area is 819 Å². The van der Waals surface area contributed by atoms with Gasteiger partial charge in [-0.2, -0.15) is 0 Å². The van der Waals surface area contributed by atoms with Crippen LogP contribution in [0, 0.1) is 64.1 Å². The van der Waals surface area contributed by atoms with Gasteiger partial charge >= 0.3 is 12.1 Å². The van der Waals surface area contributed by atoms with Crippen molar-refractivity contribution in [2.75, 3.05) is 44.7 Å². The summed E-state index contributed by atoms with van der Waals surface area (Å²) in [6.45, 7) is 21.8. The van der Waals surface area contributed by atoms with Crippen LogP contribution in [0.1, 0.15) is 216 Å². The minimum absolute atomic E-state index is 0.0321. The Morgan fingerprint density at radius 1 is 0.688 bits per heavy atom. The van der Waals surface area contributed by atoms with Crippen molar-refractivity contribution in [1.82, 2.24) is 67.9 Å². The molecule has 12 N–H and O–H groups in total. The highest BCUT2D eigenvalue weighted by molar-refractivity contribution is 8.76. The van der Waals surface area contributed by atoms with E-state index >= 15 is 38.4 Å². The fourth-order valence-corrected chi connectivity index (χ4v) is 25.3. The van der Waals surface area contributed by atoms with Crippen LogP contribution >= 0.6 is 21.6 Å². The number of nitrogens with zero attached hydrogens (tertiary/aromatic N) is 4. The fraction of sp³-hybridized carbons (Fsp3) is 0.619. The molecule has 3 aromatic rings. The van der Waals surface area contributed by atoms with Gasteiger partial charge in [0.05, 0.1) is 12.1 Å². The molecule has 0 radical (unpaired) electrons. The molecule has 5 aliphatic heterocycles. The van der Waals surface area contributed by atoms with Crippen molar-refractivity contribution in [3.8, 4) is 5.75 Å². The zero-order valence-corrected chi connectivity index (χ0v) is 83.8. The first-order valence-corrected chi connectivity index (χ1v) is 52.6. The van der Waals surface area contributed by atoms with E-state index in [0.717, 1.165) is 51.1 Å². The van der Waals surface area contributed by atoms with Crippen molar-refractivity contribution < 1.29 is 82.0 Å². The second-order valence-electron chi connectivity index (χ2n) is 42.2. The average molecular weight is 1940 g/mol. The molecule has 3 saturated heterocycles. The zero-order valence-electron chi connectivity index (χ0n) is 82.2. The molecule has 5 aliphatic carbocycles. The third-order valence-corrected chi connectivity index (χ3v) is 32.8. The number of aliphatic hydroxyl groups excluding tert-OH is 1. The van der Waals surface area contributed by atoms with Crippen molar-refractivity contribution in [1.29, 1.82) is 0 Å². The number of aliphatic hydroxyl groups is 1. The molecule has 3 saturated carbocycles. The molecule has 5 heterocycles. The van der Waals surface area contributed by atoms with Crippen molar-refractivity contribution in [2.24, 2.45) is 69.1 Å². The summed E-state index contributed by atoms with van der Waals surface area (Å²) in [5.74, 6) is -7.87. The second-order valence-corrected chi connectivity index (χ2v) is 44.8. The van der Waals surface area contributed by atoms with Crippen LogP contribution in [0.15, 0.2) is 132 Å². The SMILES string of the molecule is CC(C)CCCC(C)C1CCC2C3CC=C4CC(OC(=O)CNC(=O)C(NC(=O)C5CSSCC(NC(=O)C(Cc6ccc7ccccc7c6)NC(=O)C6CCCN6C(=O)C6CCCN6C(=O)C6=CN(C)C=CC6)C(=O)NC(Cc6ccc(O)cc6)C(=O)NC(CC6C=NC7C=CC=CC67)C(=O)NC(CCCCNC(=O)OC(C)(C)C)C(=O)NC(C(C)C)C(=O)N5)C(C)O)CCC4(C)C3CCC12C. The zero-order chi connectivity index (χ0) is 99.0. The second kappa shape index (κ2) is 47.2. The summed E-state index contributed by atoms with van der Waals surface area (Å²) in [6, 6.07) is 4.13. The Hall–Kier alpha value is -10.5. The molecule has 0 aromatic heterocycles. The molecule has 6 fully saturated rings. The van der Waals surface area contributed by atoms with Crippen LogP contribution in [-0.4, -0.2) is 237 Å². The number of carbonyl (C=O) groups is 13. The van der Waals surface area contributed by atoms with Crippen molar-refractivity contribution in [2.45, 2.75) is 302 Å². The molecule has 12 amide bonds. The van der Waals surface area contributed by atoms with Gasteiger partial charge in [-0.05, 0) is 223 Å². The molecular weight excluding hydrogens is 1790 g/mol. The van der Waals surface area contributed by atoms with Gasteiger partial charge < -0.3 is 87.6 Å². The maximum atomic E-state index is 15.9. The van der Waals surface area contributed by atoms with Crippen LogP contribution in [-0.2, 0) is 79.8 Å². The number of ether oxygens (including phenoxy) is 2. The predicted molar refractivity (Wildman–Crippen MR) is 532 cm³/mol. The van der Waals surface area contributed by atoms with Gasteiger partial charge in [0, 0.05) is 87.3 Å². The highest BCUT2D eigenvalue weighted by atomic mass is 33.1. The van der Waals surface area contributed by atoms with E-state index in [4.69, 9.17) is 14.5 Å². The normalized spacial score (nSPS) is 29.4. The van der Waals surface area contributed by atoms with Crippen LogP contribution in [0.3, 0.4) is 0 Å². The molecule has 22 atom stereocenters. The van der Waals surface area contributed by atoms with E-state index in [-0.39, 0.29) is 98.6 Å². The van der Waals surface area contributed by atoms with E-state index in [1.54, 1.807) is 62.9 Å². The third-order valence-electron chi connectivity index (χ3n) is 30.4. The Morgan fingerprint density at radius 2 is 1.39 bits per heavy atom. The van der Waals surface area contributed by atoms with Crippen LogP contribution in [0.25, 0.3) is 10.8 Å². The van der Waals surface area contributed by atoms with E-state index in [9.17, 15) is 34.2 Å². The van der Waals surface area contributed by atoms with E-state index in [1.807, 2.05) is 80.0 Å². The van der Waals surface area contributed by atoms with Gasteiger partial charge in [-0.1, -0.05) is 186 Å². The molecule has 13 rings (SSSR count). The van der Waals surface area contributed by atoms with Crippen LogP contribution in [0.5, 0.6) is 5.75 Å². The highest BCUT2D eigenvalue weighted by Crippen LogP contribution is 2.67. The Morgan fingerprint density at radius 3 is 2.13 bits per heavy atom. The lowest BCUT2D eigenvalue weighted by atomic mass is 9.47. The van der Waals surface area contributed by atoms with Crippen LogP contribution < -0.4 is 53.2 Å². The number of allylic oxidation sites excluding steroid dienone is 4. The number of amides is 12. The minimum Gasteiger partial charge on any atom is -0.508 e. The first-order chi connectivity index (χ1) is 65.8. The van der Waals surface area contributed by atoms with Gasteiger partial charge in [0.2, 0.25) is 59.1 Å². The van der Waals surface area contributed by atoms with Gasteiger partial charge in [0.1, 0.15) is 84.4 Å². The van der Waals surface area contributed by atoms with Gasteiger partial charge in [-0.3, -0.25) is 62.5 Å². The maximum Gasteiger partial charge on any atom is 0.407 e. The molecule has 10 aliphatic rings. The standard InChI is InChI=1S/C105H146N14O17S2/c1-61(2)23-19-24-63(5)76-41-42-77-75-40-37-71-55-73(43-45-104(71,10)78(75)44-46-105(76,77)11)135-88(122)57-108-98(130)90(64(6)120)116-96(128)85-60-138-137-59-84(113-93(125)82(53-66-33-36-67-25-13-14-26-68(67)51-66)112-97(129)86-31-21-49-118(86)101(133)87-32-22-50-119(87)100(132)69-27-20-48-117(12)58-69)95(127)110-81(52-65-34-38-72(121)39-35-65)92(124)111-83(54-70-56-107-79-29-16-15-28-74(70)79)94(126)109-80(91(123)115-89(62(3)4)99(131)114-85)30-17-18-47-106-102(134)136-103(7,8)9/h13-16,20,25-26,28-29,33-39,48,51,56,58,61-64,70,73-87,89-90,120-121H,17-19,21-24,27,30-32,40-47,49-50,52-55,57,59-60H2,1-12H3,(H,106,134)(H,108,130)(H,109,126)(H,110,127)(H,111,124)(H,112,129)(H,113,125)(H,114,131)(H,115,123)(H,116,128). The molecule has 0 spiro atoms. The summed E-state index contributed by atoms with van der Waals surface area (Å²) < 4.78 is 11.6. The molecule has 33 heteroatoms. The molecule has 0 bridgehead atoms. The Kier molecular flexibility index (Phi) is 35.8. The number of benzene rings is 3. The van der Waals surface area contributed by atoms with Gasteiger partial charge in [-0.25, -0.2) is 4.79 Å². The number of rotatable bonds is 30. The van der Waals surface area contributed by atoms with Crippen LogP contribution in [0.4, 0.5) is 4.79 Å². The number of phenols is 1. The number of alkyl carbamates (subject to hydrolysis) is 1. The number of nitrogens with one attached hydrogen (secondary N) is 10. The number of phenolic OH excluding ortho intramolecular Hbond substituents is 1. The predicted octanol–water partition coefficient (Wildman–Crippen LogP) is 10.3. The minimum atomic E-state index is -1.75. The lowest BCUT2D eigenvalue weighted by Crippen LogP contribution is -2.62. The molecule has 138 heavy (non-hydrogen) atoms. The molecular formula is C105H146N14O17S2. The third kappa shape index (κ3) is 26.6. The lowest BCUT2D eigenvalue weighted by molar-refractivity contribution is -0.151. The molecule has 31 nitrogen and oxygen atoms in total. The van der Waals surface area contributed by atoms with Gasteiger partial charge in [0.25, 0.3) is 5.91 Å². The van der Waals surface area contributed by atoms with E-state index in [1.165, 1.54) is 86.6 Å². The highest BCUT2D eigenvalue weighted by Gasteiger charge is 2.60. The van der Waals surface area contributed by atoms with E-state index < -0.39 is 168 Å². The fourth-order valence-electron chi connectivity index (χ4n) is 23.0. The monoisotopic (exact) mass is 1940 g/mol. The van der Waals surface area contributed by atoms with Crippen molar-refractivity contribution >= 4 is 116 Å². The van der Waals surface area contributed by atoms with E-state index in [0.29, 0.717) is 96.8 Å². The first-order valence-electron chi connectivity index (χ1n) is 50.1. The first kappa shape index (κ1) is 105. The number of unbranched alkanes of at least 4 members (excludes halogenated alkanes) is 1. The maximum absolute atomic E-state index is 15.9. The average Bonchev–Trinajstić information content (AvgIpc) is 1.60. The number of aliphatic imine (C=N–C) groups is 1. The number of esters is 1. The summed E-state index contributed by atoms with van der Waals surface area (Å²) >= 11 is 0. The number of carbonyl (C=O) groups excluding carboxylic acids is 13. The molecule has 3 aromatic carbocycles. The summed E-state index contributed by atoms with van der Waals surface area (Å²) in [5, 5.41) is 51.9. The summed E-state index contributed by atoms with van der Waals surface area (Å²) in [5.41, 5.74) is 2.33. The van der Waals surface area contributed by atoms with Crippen molar-refractivity contribution in [3.63, 3.8) is 0 Å². The molecule has 22 unspecified atom stereocenters. The summed E-state index contributed by atoms with van der Waals surface area (Å²) in [7, 11) is 3.69. The van der Waals surface area contributed by atoms with Gasteiger partial charge in [0.15, 0.2) is 0 Å². The summed E-state index contributed by atoms with van der Waals surface area (Å²) in [4.78, 5) is 205. The quantitative estimate of drug-likeness (QED) is 0.0128. The lowest BCUT2D eigenvalue weighted by Gasteiger charge is -2.58. The van der Waals surface area contributed by atoms with Crippen LogP contribution in [0.2, 0.25) is 0 Å². The van der Waals surface area contributed by atoms with Gasteiger partial charge in [-0.15, -0.1) is 0 Å². The number of likely N-dealkylation sites (tertiary alicyclic amines) is 2. The Balaban J connectivity index is 0.780. The molecule has 750 valence electrons. The Bertz CT molecular complexity index is 5110. The largest absolute Gasteiger partial charge is 0.508 e.